The van der Waals surface area contributed by atoms with E-state index in [4.69, 9.17) is 15.6 Å². The molecule has 0 fully saturated rings. The molecule has 0 radical (unpaired) electrons. The maximum Gasteiger partial charge on any atom is 0.140 e. The Balaban J connectivity index is 2.53. The third-order valence-electron chi connectivity index (χ3n) is 3.20. The Labute approximate surface area is 133 Å². The number of allylic oxidation sites excluding steroid dienone is 1. The summed E-state index contributed by atoms with van der Waals surface area (Å²) in [7, 11) is 1.55. The monoisotopic (exact) mass is 309 g/mol. The average molecular weight is 309 g/mol. The minimum atomic E-state index is -0.169. The van der Waals surface area contributed by atoms with Gasteiger partial charge in [0.2, 0.25) is 0 Å². The fourth-order valence-corrected chi connectivity index (χ4v) is 2.09. The molecule has 0 bridgehead atoms. The third-order valence-corrected chi connectivity index (χ3v) is 3.20. The van der Waals surface area contributed by atoms with Gasteiger partial charge in [-0.1, -0.05) is 12.1 Å². The van der Waals surface area contributed by atoms with Crippen LogP contribution in [0, 0.1) is 22.7 Å². The highest BCUT2D eigenvalue weighted by Crippen LogP contribution is 2.25. The topological polar surface area (TPSA) is 121 Å². The second-order valence-corrected chi connectivity index (χ2v) is 4.61. The largest absolute Gasteiger partial charge is 0.497 e. The summed E-state index contributed by atoms with van der Waals surface area (Å²) in [6, 6.07) is 11.1. The number of aliphatic hydroxyl groups is 1. The number of ether oxygens (including phenoxy) is 1. The summed E-state index contributed by atoms with van der Waals surface area (Å²) in [6.07, 6.45) is 1.61. The Bertz CT molecular complexity index is 824. The zero-order chi connectivity index (χ0) is 16.8. The van der Waals surface area contributed by atoms with E-state index in [0.717, 1.165) is 5.56 Å². The van der Waals surface area contributed by atoms with Crippen molar-refractivity contribution < 1.29 is 9.84 Å². The van der Waals surface area contributed by atoms with Crippen molar-refractivity contribution in [3.05, 3.63) is 41.1 Å². The quantitative estimate of drug-likeness (QED) is 0.805. The smallest absolute Gasteiger partial charge is 0.140 e. The fraction of sp³-hybridized carbons (Fsp3) is 0.188. The summed E-state index contributed by atoms with van der Waals surface area (Å²) >= 11 is 0. The minimum Gasteiger partial charge on any atom is -0.497 e. The molecule has 0 aliphatic rings. The van der Waals surface area contributed by atoms with E-state index in [2.05, 4.69) is 5.10 Å². The molecule has 7 heteroatoms. The van der Waals surface area contributed by atoms with Gasteiger partial charge >= 0.3 is 0 Å². The van der Waals surface area contributed by atoms with Gasteiger partial charge in [-0.15, -0.1) is 0 Å². The standard InChI is InChI=1S/C16H15N5O2/c1-23-13-4-2-3-11(8-13)7-12(9-17)15-14(10-18)16(19)21(20-15)5-6-22/h2-4,7-8,22H,5-6,19H2,1H3/b12-7+. The van der Waals surface area contributed by atoms with Crippen LogP contribution in [0.3, 0.4) is 0 Å². The molecule has 2 aromatic rings. The van der Waals surface area contributed by atoms with Gasteiger partial charge in [0.05, 0.1) is 25.8 Å². The highest BCUT2D eigenvalue weighted by atomic mass is 16.5. The van der Waals surface area contributed by atoms with Crippen molar-refractivity contribution in [2.24, 2.45) is 0 Å². The predicted molar refractivity (Wildman–Crippen MR) is 84.9 cm³/mol. The zero-order valence-electron chi connectivity index (χ0n) is 12.5. The summed E-state index contributed by atoms with van der Waals surface area (Å²) in [6.45, 7) is -0.0178. The molecule has 3 N–H and O–H groups in total. The molecule has 1 heterocycles. The lowest BCUT2D eigenvalue weighted by atomic mass is 10.1. The van der Waals surface area contributed by atoms with Gasteiger partial charge in [-0.3, -0.25) is 0 Å². The molecule has 0 amide bonds. The van der Waals surface area contributed by atoms with Gasteiger partial charge in [0.15, 0.2) is 0 Å². The summed E-state index contributed by atoms with van der Waals surface area (Å²) in [5.74, 6) is 0.783. The van der Waals surface area contributed by atoms with Gasteiger partial charge in [-0.05, 0) is 23.8 Å². The van der Waals surface area contributed by atoms with Crippen molar-refractivity contribution in [3.63, 3.8) is 0 Å². The molecule has 23 heavy (non-hydrogen) atoms. The van der Waals surface area contributed by atoms with Crippen molar-refractivity contribution in [2.45, 2.75) is 6.54 Å². The second-order valence-electron chi connectivity index (χ2n) is 4.61. The maximum absolute atomic E-state index is 9.42. The molecule has 0 spiro atoms. The number of nitriles is 2. The van der Waals surface area contributed by atoms with Crippen LogP contribution >= 0.6 is 0 Å². The first-order chi connectivity index (χ1) is 11.1. The number of aromatic nitrogens is 2. The molecule has 0 saturated heterocycles. The summed E-state index contributed by atoms with van der Waals surface area (Å²) in [4.78, 5) is 0. The SMILES string of the molecule is COc1cccc(/C=C(\C#N)c2nn(CCO)c(N)c2C#N)c1. The van der Waals surface area contributed by atoms with Crippen LogP contribution in [0.2, 0.25) is 0 Å². The van der Waals surface area contributed by atoms with Crippen LogP contribution in [-0.4, -0.2) is 28.6 Å². The van der Waals surface area contributed by atoms with Gasteiger partial charge in [0.1, 0.15) is 35.0 Å². The van der Waals surface area contributed by atoms with Crippen LogP contribution < -0.4 is 10.5 Å². The molecule has 1 aromatic carbocycles. The number of nitrogen functional groups attached to an aromatic ring is 1. The van der Waals surface area contributed by atoms with E-state index in [1.807, 2.05) is 12.1 Å². The van der Waals surface area contributed by atoms with Crippen molar-refractivity contribution in [3.8, 4) is 17.9 Å². The Hall–Kier alpha value is -3.29. The van der Waals surface area contributed by atoms with Crippen molar-refractivity contribution >= 4 is 17.5 Å². The normalized spacial score (nSPS) is 10.9. The predicted octanol–water partition coefficient (Wildman–Crippen LogP) is 1.40. The van der Waals surface area contributed by atoms with E-state index in [1.54, 1.807) is 37.5 Å². The Morgan fingerprint density at radius 3 is 2.87 bits per heavy atom. The molecule has 0 saturated carbocycles. The molecule has 0 aliphatic heterocycles. The number of hydrogen-bond acceptors (Lipinski definition) is 6. The van der Waals surface area contributed by atoms with Gasteiger partial charge in [0, 0.05) is 0 Å². The lowest BCUT2D eigenvalue weighted by Crippen LogP contribution is -2.07. The van der Waals surface area contributed by atoms with E-state index in [1.165, 1.54) is 4.68 Å². The van der Waals surface area contributed by atoms with Crippen LogP contribution in [-0.2, 0) is 6.54 Å². The number of aliphatic hydroxyl groups excluding tert-OH is 1. The summed E-state index contributed by atoms with van der Waals surface area (Å²) in [5.41, 5.74) is 7.10. The lowest BCUT2D eigenvalue weighted by molar-refractivity contribution is 0.270. The first-order valence-corrected chi connectivity index (χ1v) is 6.78. The summed E-state index contributed by atoms with van der Waals surface area (Å²) < 4.78 is 6.45. The van der Waals surface area contributed by atoms with Crippen molar-refractivity contribution in [2.75, 3.05) is 19.5 Å². The number of benzene rings is 1. The average Bonchev–Trinajstić information content (AvgIpc) is 2.89. The molecule has 116 valence electrons. The van der Waals surface area contributed by atoms with E-state index in [9.17, 15) is 10.5 Å². The minimum absolute atomic E-state index is 0.120. The first-order valence-electron chi connectivity index (χ1n) is 6.78. The number of nitrogens with two attached hydrogens (primary N) is 1. The zero-order valence-corrected chi connectivity index (χ0v) is 12.5. The number of hydrogen-bond donors (Lipinski definition) is 2. The second kappa shape index (κ2) is 7.12. The van der Waals surface area contributed by atoms with Crippen LogP contribution in [0.15, 0.2) is 24.3 Å². The van der Waals surface area contributed by atoms with Crippen LogP contribution in [0.4, 0.5) is 5.82 Å². The van der Waals surface area contributed by atoms with E-state index in [0.29, 0.717) is 5.75 Å². The third kappa shape index (κ3) is 3.31. The molecular formula is C16H15N5O2. The molecule has 0 atom stereocenters. The van der Waals surface area contributed by atoms with Crippen LogP contribution in [0.1, 0.15) is 16.8 Å². The summed E-state index contributed by atoms with van der Waals surface area (Å²) in [5, 5.41) is 31.9. The Morgan fingerprint density at radius 1 is 1.48 bits per heavy atom. The molecular weight excluding hydrogens is 294 g/mol. The highest BCUT2D eigenvalue weighted by Gasteiger charge is 2.18. The molecule has 2 rings (SSSR count). The Morgan fingerprint density at radius 2 is 2.26 bits per heavy atom. The van der Waals surface area contributed by atoms with Crippen molar-refractivity contribution in [1.82, 2.24) is 9.78 Å². The number of methoxy groups -OCH3 is 1. The highest BCUT2D eigenvalue weighted by molar-refractivity contribution is 5.91. The number of anilines is 1. The van der Waals surface area contributed by atoms with Gasteiger partial charge in [0.25, 0.3) is 0 Å². The Kier molecular flexibility index (Phi) is 4.98. The molecule has 0 aliphatic carbocycles. The molecule has 7 nitrogen and oxygen atoms in total. The number of nitrogens with zero attached hydrogens (tertiary/aromatic N) is 4. The van der Waals surface area contributed by atoms with Crippen LogP contribution in [0.25, 0.3) is 11.6 Å². The van der Waals surface area contributed by atoms with Crippen molar-refractivity contribution in [1.29, 1.82) is 10.5 Å². The van der Waals surface area contributed by atoms with Gasteiger partial charge in [-0.2, -0.15) is 15.6 Å². The van der Waals surface area contributed by atoms with Gasteiger partial charge in [-0.25, -0.2) is 4.68 Å². The van der Waals surface area contributed by atoms with Gasteiger partial charge < -0.3 is 15.6 Å². The maximum atomic E-state index is 9.42. The molecule has 1 aromatic heterocycles. The van der Waals surface area contributed by atoms with E-state index >= 15 is 0 Å². The fourth-order valence-electron chi connectivity index (χ4n) is 2.09. The van der Waals surface area contributed by atoms with Crippen LogP contribution in [0.5, 0.6) is 5.75 Å². The number of rotatable bonds is 5. The molecule has 0 unspecified atom stereocenters. The lowest BCUT2D eigenvalue weighted by Gasteiger charge is -2.01. The first kappa shape index (κ1) is 16.1. The van der Waals surface area contributed by atoms with E-state index in [-0.39, 0.29) is 35.8 Å². The van der Waals surface area contributed by atoms with E-state index < -0.39 is 0 Å².